The molecule has 0 aliphatic rings. The van der Waals surface area contributed by atoms with Gasteiger partial charge >= 0.3 is 5.97 Å². The maximum Gasteiger partial charge on any atom is 0.337 e. The highest BCUT2D eigenvalue weighted by molar-refractivity contribution is 6.13. The van der Waals surface area contributed by atoms with Crippen LogP contribution in [0.2, 0.25) is 0 Å². The van der Waals surface area contributed by atoms with Crippen molar-refractivity contribution < 1.29 is 9.53 Å². The van der Waals surface area contributed by atoms with Gasteiger partial charge in [0.05, 0.1) is 24.2 Å². The first-order valence-corrected chi connectivity index (χ1v) is 8.40. The van der Waals surface area contributed by atoms with Crippen molar-refractivity contribution in [3.63, 3.8) is 0 Å². The molecule has 2 aromatic carbocycles. The average Bonchev–Trinajstić information content (AvgIpc) is 2.71. The van der Waals surface area contributed by atoms with Crippen LogP contribution in [0.15, 0.2) is 84.2 Å². The monoisotopic (exact) mass is 345 g/mol. The van der Waals surface area contributed by atoms with Gasteiger partial charge in [-0.1, -0.05) is 60.7 Å². The summed E-state index contributed by atoms with van der Waals surface area (Å²) in [7, 11) is 0. The fraction of sp³-hybridized carbons (Fsp3) is 0.143. The molecule has 1 heterocycles. The molecule has 5 heteroatoms. The molecule has 0 saturated heterocycles. The van der Waals surface area contributed by atoms with Crippen LogP contribution in [-0.4, -0.2) is 28.3 Å². The Morgan fingerprint density at radius 2 is 1.62 bits per heavy atom. The van der Waals surface area contributed by atoms with Gasteiger partial charge in [0, 0.05) is 23.5 Å². The van der Waals surface area contributed by atoms with Crippen molar-refractivity contribution in [3.05, 3.63) is 96.1 Å². The fourth-order valence-corrected chi connectivity index (χ4v) is 2.55. The van der Waals surface area contributed by atoms with Crippen LogP contribution in [0, 0.1) is 0 Å². The van der Waals surface area contributed by atoms with E-state index in [1.54, 1.807) is 25.5 Å². The van der Waals surface area contributed by atoms with Crippen molar-refractivity contribution in [1.82, 2.24) is 9.97 Å². The minimum atomic E-state index is -0.876. The van der Waals surface area contributed by atoms with Gasteiger partial charge < -0.3 is 4.74 Å². The number of hydrogen-bond donors (Lipinski definition) is 0. The normalized spacial score (nSPS) is 11.4. The summed E-state index contributed by atoms with van der Waals surface area (Å²) >= 11 is 0. The van der Waals surface area contributed by atoms with E-state index in [-0.39, 0.29) is 6.61 Å². The van der Waals surface area contributed by atoms with Crippen LogP contribution in [-0.2, 0) is 9.53 Å². The van der Waals surface area contributed by atoms with Crippen LogP contribution in [0.4, 0.5) is 0 Å². The third-order valence-electron chi connectivity index (χ3n) is 3.73. The zero-order valence-electron chi connectivity index (χ0n) is 14.4. The Morgan fingerprint density at radius 3 is 2.12 bits per heavy atom. The lowest BCUT2D eigenvalue weighted by Gasteiger charge is -2.14. The molecule has 0 aliphatic carbocycles. The topological polar surface area (TPSA) is 64.4 Å². The van der Waals surface area contributed by atoms with Crippen LogP contribution in [0.1, 0.15) is 29.8 Å². The lowest BCUT2D eigenvalue weighted by Crippen LogP contribution is -2.18. The van der Waals surface area contributed by atoms with E-state index in [1.807, 2.05) is 60.7 Å². The van der Waals surface area contributed by atoms with Gasteiger partial charge in [0.15, 0.2) is 6.04 Å². The Labute approximate surface area is 152 Å². The Kier molecular flexibility index (Phi) is 5.83. The van der Waals surface area contributed by atoms with E-state index >= 15 is 0 Å². The number of aliphatic imine (C=N–C) groups is 1. The van der Waals surface area contributed by atoms with E-state index in [0.717, 1.165) is 11.1 Å². The maximum absolute atomic E-state index is 12.5. The van der Waals surface area contributed by atoms with E-state index in [1.165, 1.54) is 0 Å². The van der Waals surface area contributed by atoms with Gasteiger partial charge in [0.2, 0.25) is 0 Å². The molecule has 1 atom stereocenters. The quantitative estimate of drug-likeness (QED) is 0.506. The van der Waals surface area contributed by atoms with Gasteiger partial charge in [0.25, 0.3) is 0 Å². The van der Waals surface area contributed by atoms with E-state index in [0.29, 0.717) is 11.4 Å². The second-order valence-electron chi connectivity index (χ2n) is 5.49. The molecule has 1 unspecified atom stereocenters. The lowest BCUT2D eigenvalue weighted by molar-refractivity contribution is -0.144. The first-order chi connectivity index (χ1) is 12.8. The first kappa shape index (κ1) is 17.5. The molecule has 26 heavy (non-hydrogen) atoms. The number of hydrogen-bond acceptors (Lipinski definition) is 5. The van der Waals surface area contributed by atoms with Gasteiger partial charge in [0.1, 0.15) is 0 Å². The summed E-state index contributed by atoms with van der Waals surface area (Å²) in [5.74, 6) is -0.447. The van der Waals surface area contributed by atoms with Gasteiger partial charge in [-0.3, -0.25) is 15.0 Å². The van der Waals surface area contributed by atoms with Crippen molar-refractivity contribution in [1.29, 1.82) is 0 Å². The van der Waals surface area contributed by atoms with Crippen LogP contribution in [0.5, 0.6) is 0 Å². The number of carbonyl (C=O) groups is 1. The molecule has 0 spiro atoms. The van der Waals surface area contributed by atoms with E-state index < -0.39 is 12.0 Å². The van der Waals surface area contributed by atoms with Crippen LogP contribution >= 0.6 is 0 Å². The first-order valence-electron chi connectivity index (χ1n) is 8.40. The third-order valence-corrected chi connectivity index (χ3v) is 3.73. The average molecular weight is 345 g/mol. The van der Waals surface area contributed by atoms with Crippen LogP contribution in [0.3, 0.4) is 0 Å². The Bertz CT molecular complexity index is 824. The molecule has 130 valence electrons. The Hall–Kier alpha value is -3.34. The molecule has 0 radical (unpaired) electrons. The number of nitrogens with zero attached hydrogens (tertiary/aromatic N) is 3. The van der Waals surface area contributed by atoms with E-state index in [9.17, 15) is 4.79 Å². The van der Waals surface area contributed by atoms with Gasteiger partial charge in [-0.25, -0.2) is 4.79 Å². The molecular formula is C21H19N3O2. The molecule has 5 nitrogen and oxygen atoms in total. The smallest absolute Gasteiger partial charge is 0.337 e. The van der Waals surface area contributed by atoms with Crippen LogP contribution in [0.25, 0.3) is 0 Å². The number of esters is 1. The predicted molar refractivity (Wildman–Crippen MR) is 99.9 cm³/mol. The molecule has 0 fully saturated rings. The van der Waals surface area contributed by atoms with E-state index in [4.69, 9.17) is 9.73 Å². The summed E-state index contributed by atoms with van der Waals surface area (Å²) in [4.78, 5) is 25.6. The maximum atomic E-state index is 12.5. The van der Waals surface area contributed by atoms with Crippen molar-refractivity contribution >= 4 is 11.7 Å². The minimum Gasteiger partial charge on any atom is -0.464 e. The van der Waals surface area contributed by atoms with Crippen molar-refractivity contribution in [2.24, 2.45) is 4.99 Å². The zero-order valence-corrected chi connectivity index (χ0v) is 14.4. The molecule has 0 saturated carbocycles. The number of ether oxygens (including phenoxy) is 1. The highest BCUT2D eigenvalue weighted by atomic mass is 16.5. The molecule has 0 aliphatic heterocycles. The molecule has 3 rings (SSSR count). The molecule has 0 amide bonds. The largest absolute Gasteiger partial charge is 0.464 e. The highest BCUT2D eigenvalue weighted by Gasteiger charge is 2.24. The predicted octanol–water partition coefficient (Wildman–Crippen LogP) is 3.62. The molecule has 0 bridgehead atoms. The number of aromatic nitrogens is 2. The van der Waals surface area contributed by atoms with E-state index in [2.05, 4.69) is 9.97 Å². The highest BCUT2D eigenvalue weighted by Crippen LogP contribution is 2.21. The summed E-state index contributed by atoms with van der Waals surface area (Å²) in [6, 6.07) is 18.6. The second-order valence-corrected chi connectivity index (χ2v) is 5.49. The summed E-state index contributed by atoms with van der Waals surface area (Å²) < 4.78 is 5.22. The number of carbonyl (C=O) groups excluding carboxylic acids is 1. The van der Waals surface area contributed by atoms with Crippen molar-refractivity contribution in [3.8, 4) is 0 Å². The molecule has 3 aromatic rings. The van der Waals surface area contributed by atoms with Gasteiger partial charge in [-0.2, -0.15) is 0 Å². The second kappa shape index (κ2) is 8.67. The standard InChI is InChI=1S/C21H19N3O2/c1-2-26-21(25)20(18-15-22-13-14-23-18)24-19(16-9-5-3-6-10-16)17-11-7-4-8-12-17/h3-15,20H,2H2,1H3. The number of rotatable bonds is 6. The summed E-state index contributed by atoms with van der Waals surface area (Å²) in [5, 5.41) is 0. The summed E-state index contributed by atoms with van der Waals surface area (Å²) in [5.41, 5.74) is 2.99. The zero-order chi connectivity index (χ0) is 18.2. The lowest BCUT2D eigenvalue weighted by atomic mass is 10.0. The third kappa shape index (κ3) is 4.19. The number of benzene rings is 2. The molecular weight excluding hydrogens is 326 g/mol. The molecule has 0 N–H and O–H groups in total. The van der Waals surface area contributed by atoms with Crippen molar-refractivity contribution in [2.45, 2.75) is 13.0 Å². The summed E-state index contributed by atoms with van der Waals surface area (Å²) in [6.07, 6.45) is 4.64. The Balaban J connectivity index is 2.12. The van der Waals surface area contributed by atoms with Crippen molar-refractivity contribution in [2.75, 3.05) is 6.61 Å². The minimum absolute atomic E-state index is 0.275. The fourth-order valence-electron chi connectivity index (χ4n) is 2.55. The summed E-state index contributed by atoms with van der Waals surface area (Å²) in [6.45, 7) is 2.04. The van der Waals surface area contributed by atoms with Gasteiger partial charge in [-0.05, 0) is 6.92 Å². The Morgan fingerprint density at radius 1 is 1.00 bits per heavy atom. The van der Waals surface area contributed by atoms with Gasteiger partial charge in [-0.15, -0.1) is 0 Å². The SMILES string of the molecule is CCOC(=O)C(N=C(c1ccccc1)c1ccccc1)c1cnccn1. The molecule has 1 aromatic heterocycles. The van der Waals surface area contributed by atoms with Crippen LogP contribution < -0.4 is 0 Å².